The van der Waals surface area contributed by atoms with Gasteiger partial charge in [0.1, 0.15) is 5.75 Å². The SMILES string of the molecule is CC(CCO)C(C)Cc1ccc(-c2cc3nccc(Oc4ccc(NC(=O)NC5CC5)cc4F)c3s2)nc1. The van der Waals surface area contributed by atoms with Crippen LogP contribution in [0.15, 0.2) is 54.9 Å². The number of anilines is 1. The number of amides is 2. The molecule has 2 amide bonds. The Bertz CT molecular complexity index is 1420. The summed E-state index contributed by atoms with van der Waals surface area (Å²) < 4.78 is 21.6. The molecule has 1 fully saturated rings. The molecule has 3 heterocycles. The second kappa shape index (κ2) is 11.4. The first-order valence-electron chi connectivity index (χ1n) is 12.9. The Morgan fingerprint density at radius 3 is 2.68 bits per heavy atom. The van der Waals surface area contributed by atoms with E-state index in [1.165, 1.54) is 23.5 Å². The number of aromatic nitrogens is 2. The third-order valence-corrected chi connectivity index (χ3v) is 8.05. The van der Waals surface area contributed by atoms with Crippen LogP contribution in [0, 0.1) is 17.7 Å². The van der Waals surface area contributed by atoms with Crippen molar-refractivity contribution in [3.63, 3.8) is 0 Å². The average molecular weight is 535 g/mol. The van der Waals surface area contributed by atoms with E-state index in [1.54, 1.807) is 18.3 Å². The molecule has 9 heteroatoms. The Morgan fingerprint density at radius 2 is 1.97 bits per heavy atom. The quantitative estimate of drug-likeness (QED) is 0.209. The Balaban J connectivity index is 1.29. The van der Waals surface area contributed by atoms with Gasteiger partial charge in [0.2, 0.25) is 0 Å². The van der Waals surface area contributed by atoms with Crippen LogP contribution in [-0.2, 0) is 6.42 Å². The van der Waals surface area contributed by atoms with Gasteiger partial charge in [0.15, 0.2) is 11.6 Å². The van der Waals surface area contributed by atoms with Gasteiger partial charge in [-0.25, -0.2) is 9.18 Å². The van der Waals surface area contributed by atoms with Crippen LogP contribution in [0.3, 0.4) is 0 Å². The highest BCUT2D eigenvalue weighted by Crippen LogP contribution is 2.39. The van der Waals surface area contributed by atoms with E-state index in [4.69, 9.17) is 4.74 Å². The van der Waals surface area contributed by atoms with Gasteiger partial charge in [-0.2, -0.15) is 0 Å². The van der Waals surface area contributed by atoms with Crippen LogP contribution in [0.2, 0.25) is 0 Å². The maximum atomic E-state index is 14.8. The van der Waals surface area contributed by atoms with Crippen molar-refractivity contribution in [1.29, 1.82) is 0 Å². The number of fused-ring (bicyclic) bond motifs is 1. The zero-order chi connectivity index (χ0) is 26.6. The zero-order valence-corrected chi connectivity index (χ0v) is 22.2. The minimum atomic E-state index is -0.573. The highest BCUT2D eigenvalue weighted by molar-refractivity contribution is 7.22. The van der Waals surface area contributed by atoms with Crippen molar-refractivity contribution in [2.24, 2.45) is 11.8 Å². The lowest BCUT2D eigenvalue weighted by Crippen LogP contribution is -2.30. The summed E-state index contributed by atoms with van der Waals surface area (Å²) in [5, 5.41) is 14.7. The molecule has 0 radical (unpaired) electrons. The van der Waals surface area contributed by atoms with E-state index >= 15 is 0 Å². The summed E-state index contributed by atoms with van der Waals surface area (Å²) in [7, 11) is 0. The van der Waals surface area contributed by atoms with E-state index in [1.807, 2.05) is 18.3 Å². The smallest absolute Gasteiger partial charge is 0.319 e. The summed E-state index contributed by atoms with van der Waals surface area (Å²) in [6.07, 6.45) is 7.20. The lowest BCUT2D eigenvalue weighted by molar-refractivity contribution is 0.234. The van der Waals surface area contributed by atoms with Crippen molar-refractivity contribution >= 4 is 33.3 Å². The third-order valence-electron chi connectivity index (χ3n) is 6.89. The van der Waals surface area contributed by atoms with Crippen molar-refractivity contribution in [3.8, 4) is 22.1 Å². The number of carbonyl (C=O) groups is 1. The molecule has 5 rings (SSSR count). The van der Waals surface area contributed by atoms with Crippen LogP contribution in [0.1, 0.15) is 38.7 Å². The summed E-state index contributed by atoms with van der Waals surface area (Å²) in [4.78, 5) is 22.0. The molecule has 38 heavy (non-hydrogen) atoms. The summed E-state index contributed by atoms with van der Waals surface area (Å²) in [5.74, 6) is 0.882. The minimum Gasteiger partial charge on any atom is -0.453 e. The van der Waals surface area contributed by atoms with Gasteiger partial charge in [-0.05, 0) is 67.3 Å². The number of benzene rings is 1. The summed E-state index contributed by atoms with van der Waals surface area (Å²) in [6.45, 7) is 4.58. The number of urea groups is 1. The second-order valence-electron chi connectivity index (χ2n) is 9.98. The van der Waals surface area contributed by atoms with Gasteiger partial charge in [-0.1, -0.05) is 19.9 Å². The van der Waals surface area contributed by atoms with Crippen LogP contribution >= 0.6 is 11.3 Å². The maximum Gasteiger partial charge on any atom is 0.319 e. The third kappa shape index (κ3) is 6.28. The van der Waals surface area contributed by atoms with Gasteiger partial charge in [-0.15, -0.1) is 11.3 Å². The average Bonchev–Trinajstić information content (AvgIpc) is 3.59. The number of pyridine rings is 2. The normalized spacial score (nSPS) is 14.7. The molecule has 1 aromatic carbocycles. The topological polar surface area (TPSA) is 96.4 Å². The fraction of sp³-hybridized carbons (Fsp3) is 0.345. The molecule has 2 atom stereocenters. The number of aliphatic hydroxyl groups excluding tert-OH is 1. The van der Waals surface area contributed by atoms with E-state index in [0.29, 0.717) is 23.3 Å². The molecule has 1 aliphatic carbocycles. The van der Waals surface area contributed by atoms with Gasteiger partial charge in [0.25, 0.3) is 0 Å². The lowest BCUT2D eigenvalue weighted by atomic mass is 9.88. The maximum absolute atomic E-state index is 14.8. The van der Waals surface area contributed by atoms with Crippen molar-refractivity contribution in [3.05, 3.63) is 66.2 Å². The Labute approximate surface area is 225 Å². The minimum absolute atomic E-state index is 0.0626. The van der Waals surface area contributed by atoms with Gasteiger partial charge >= 0.3 is 6.03 Å². The molecule has 1 aliphatic rings. The molecule has 2 unspecified atom stereocenters. The zero-order valence-electron chi connectivity index (χ0n) is 21.4. The number of nitrogens with one attached hydrogen (secondary N) is 2. The first-order chi connectivity index (χ1) is 18.4. The van der Waals surface area contributed by atoms with Crippen molar-refractivity contribution < 1.29 is 19.0 Å². The second-order valence-corrected chi connectivity index (χ2v) is 11.0. The molecule has 0 aliphatic heterocycles. The Hall–Kier alpha value is -3.56. The van der Waals surface area contributed by atoms with Gasteiger partial charge in [0, 0.05) is 42.9 Å². The number of aliphatic hydroxyl groups is 1. The molecule has 0 saturated heterocycles. The van der Waals surface area contributed by atoms with Crippen molar-refractivity contribution in [2.75, 3.05) is 11.9 Å². The highest BCUT2D eigenvalue weighted by atomic mass is 32.1. The Kier molecular flexibility index (Phi) is 7.85. The monoisotopic (exact) mass is 534 g/mol. The van der Waals surface area contributed by atoms with Gasteiger partial charge in [-0.3, -0.25) is 9.97 Å². The number of rotatable bonds is 10. The molecule has 1 saturated carbocycles. The number of hydrogen-bond acceptors (Lipinski definition) is 6. The van der Waals surface area contributed by atoms with Crippen molar-refractivity contribution in [1.82, 2.24) is 15.3 Å². The molecule has 3 N–H and O–H groups in total. The molecule has 198 valence electrons. The lowest BCUT2D eigenvalue weighted by Gasteiger charge is -2.18. The predicted octanol–water partition coefficient (Wildman–Crippen LogP) is 6.77. The number of halogens is 1. The van der Waals surface area contributed by atoms with Crippen LogP contribution < -0.4 is 15.4 Å². The summed E-state index contributed by atoms with van der Waals surface area (Å²) in [6, 6.07) is 12.0. The molecular formula is C29H31FN4O3S. The molecule has 0 spiro atoms. The van der Waals surface area contributed by atoms with Crippen LogP contribution in [0.5, 0.6) is 11.5 Å². The molecule has 0 bridgehead atoms. The molecule has 3 aromatic heterocycles. The molecular weight excluding hydrogens is 503 g/mol. The standard InChI is InChI=1S/C29H31FN4O3S/c1-17(10-12-35)18(2)13-19-3-7-23(32-16-19)27-15-24-28(38-27)26(9-11-31-24)37-25-8-6-21(14-22(25)30)34-29(36)33-20-4-5-20/h3,6-9,11,14-18,20,35H,4-5,10,12-13H2,1-2H3,(H2,33,34,36). The van der Waals surface area contributed by atoms with Crippen LogP contribution in [0.25, 0.3) is 20.8 Å². The molecule has 4 aromatic rings. The fourth-order valence-electron chi connectivity index (χ4n) is 4.23. The predicted molar refractivity (Wildman–Crippen MR) is 148 cm³/mol. The van der Waals surface area contributed by atoms with E-state index in [0.717, 1.165) is 52.0 Å². The van der Waals surface area contributed by atoms with Gasteiger partial charge in [0.05, 0.1) is 20.8 Å². The summed E-state index contributed by atoms with van der Waals surface area (Å²) in [5.41, 5.74) is 3.10. The number of nitrogens with zero attached hydrogens (tertiary/aromatic N) is 2. The van der Waals surface area contributed by atoms with E-state index in [-0.39, 0.29) is 24.4 Å². The molecule has 7 nitrogen and oxygen atoms in total. The Morgan fingerprint density at radius 1 is 1.13 bits per heavy atom. The van der Waals surface area contributed by atoms with Crippen LogP contribution in [0.4, 0.5) is 14.9 Å². The number of carbonyl (C=O) groups excluding carboxylic acids is 1. The highest BCUT2D eigenvalue weighted by Gasteiger charge is 2.23. The number of hydrogen-bond donors (Lipinski definition) is 3. The first kappa shape index (κ1) is 26.1. The first-order valence-corrected chi connectivity index (χ1v) is 13.7. The van der Waals surface area contributed by atoms with Crippen LogP contribution in [-0.4, -0.2) is 33.8 Å². The largest absolute Gasteiger partial charge is 0.453 e. The van der Waals surface area contributed by atoms with Crippen molar-refractivity contribution in [2.45, 2.75) is 45.6 Å². The van der Waals surface area contributed by atoms with E-state index < -0.39 is 5.82 Å². The fourth-order valence-corrected chi connectivity index (χ4v) is 5.28. The number of thiophene rings is 1. The number of ether oxygens (including phenoxy) is 1. The summed E-state index contributed by atoms with van der Waals surface area (Å²) >= 11 is 1.49. The van der Waals surface area contributed by atoms with E-state index in [2.05, 4.69) is 40.5 Å². The van der Waals surface area contributed by atoms with Gasteiger partial charge < -0.3 is 20.5 Å². The van der Waals surface area contributed by atoms with E-state index in [9.17, 15) is 14.3 Å².